The summed E-state index contributed by atoms with van der Waals surface area (Å²) in [6, 6.07) is 4.17. The maximum absolute atomic E-state index is 12.2. The number of ether oxygens (including phenoxy) is 2. The van der Waals surface area contributed by atoms with Crippen LogP contribution in [0.4, 0.5) is 0 Å². The predicted molar refractivity (Wildman–Crippen MR) is 119 cm³/mol. The Bertz CT molecular complexity index is 750. The van der Waals surface area contributed by atoms with E-state index in [1.165, 1.54) is 11.1 Å². The van der Waals surface area contributed by atoms with Crippen molar-refractivity contribution in [1.82, 2.24) is 15.1 Å². The summed E-state index contributed by atoms with van der Waals surface area (Å²) >= 11 is 0. The minimum Gasteiger partial charge on any atom is -0.493 e. The lowest BCUT2D eigenvalue weighted by Crippen LogP contribution is -2.44. The van der Waals surface area contributed by atoms with Crippen molar-refractivity contribution in [2.24, 2.45) is 4.99 Å². The number of rotatable bonds is 7. The highest BCUT2D eigenvalue weighted by Crippen LogP contribution is 2.33. The molecular formula is C23H36N4O3. The number of carbonyl (C=O) groups is 1. The maximum Gasteiger partial charge on any atom is 0.222 e. The first-order chi connectivity index (χ1) is 14.7. The highest BCUT2D eigenvalue weighted by Gasteiger charge is 2.22. The second kappa shape index (κ2) is 11.1. The number of amides is 1. The molecule has 7 heteroatoms. The molecule has 1 amide bonds. The molecule has 2 aliphatic heterocycles. The molecule has 0 spiro atoms. The number of hydrogen-bond acceptors (Lipinski definition) is 4. The Hall–Kier alpha value is -2.44. The number of benzene rings is 1. The number of guanidine groups is 1. The quantitative estimate of drug-likeness (QED) is 0.421. The van der Waals surface area contributed by atoms with Gasteiger partial charge < -0.3 is 24.6 Å². The number of nitrogens with one attached hydrogen (secondary N) is 1. The first-order valence-corrected chi connectivity index (χ1v) is 11.2. The van der Waals surface area contributed by atoms with Gasteiger partial charge in [-0.3, -0.25) is 9.79 Å². The Labute approximate surface area is 180 Å². The van der Waals surface area contributed by atoms with Crippen molar-refractivity contribution in [3.05, 3.63) is 23.3 Å². The number of likely N-dealkylation sites (tertiary alicyclic amines) is 1. The van der Waals surface area contributed by atoms with Gasteiger partial charge in [0.1, 0.15) is 0 Å². The molecule has 3 rings (SSSR count). The summed E-state index contributed by atoms with van der Waals surface area (Å²) in [4.78, 5) is 21.3. The summed E-state index contributed by atoms with van der Waals surface area (Å²) in [5, 5.41) is 3.43. The highest BCUT2D eigenvalue weighted by atomic mass is 16.5. The van der Waals surface area contributed by atoms with Crippen LogP contribution in [-0.2, 0) is 17.8 Å². The monoisotopic (exact) mass is 416 g/mol. The SMILES string of the molecule is CCNC(=NCCCN1CCCCCC1=O)N1CCc2cc(OC)c(OC)cc2C1. The average molecular weight is 417 g/mol. The van der Waals surface area contributed by atoms with Crippen molar-refractivity contribution in [1.29, 1.82) is 0 Å². The van der Waals surface area contributed by atoms with Crippen molar-refractivity contribution in [3.63, 3.8) is 0 Å². The molecule has 1 saturated heterocycles. The van der Waals surface area contributed by atoms with E-state index in [-0.39, 0.29) is 0 Å². The summed E-state index contributed by atoms with van der Waals surface area (Å²) in [6.07, 6.45) is 5.87. The van der Waals surface area contributed by atoms with Crippen LogP contribution in [0, 0.1) is 0 Å². The lowest BCUT2D eigenvalue weighted by Gasteiger charge is -2.32. The number of carbonyl (C=O) groups excluding carboxylic acids is 1. The van der Waals surface area contributed by atoms with E-state index < -0.39 is 0 Å². The van der Waals surface area contributed by atoms with Crippen LogP contribution in [0.1, 0.15) is 50.2 Å². The van der Waals surface area contributed by atoms with Crippen LogP contribution in [0.15, 0.2) is 17.1 Å². The molecule has 1 aromatic carbocycles. The van der Waals surface area contributed by atoms with Crippen LogP contribution in [0.5, 0.6) is 11.5 Å². The average Bonchev–Trinajstić information content (AvgIpc) is 2.98. The Balaban J connectivity index is 1.61. The predicted octanol–water partition coefficient (Wildman–Crippen LogP) is 2.82. The third kappa shape index (κ3) is 5.58. The fraction of sp³-hybridized carbons (Fsp3) is 0.652. The molecule has 1 fully saturated rings. The van der Waals surface area contributed by atoms with E-state index in [4.69, 9.17) is 14.5 Å². The lowest BCUT2D eigenvalue weighted by atomic mass is 9.99. The largest absolute Gasteiger partial charge is 0.493 e. The van der Waals surface area contributed by atoms with Crippen molar-refractivity contribution >= 4 is 11.9 Å². The molecule has 2 aliphatic rings. The number of methoxy groups -OCH3 is 2. The number of aliphatic imine (C=N–C) groups is 1. The number of hydrogen-bond donors (Lipinski definition) is 1. The topological polar surface area (TPSA) is 66.4 Å². The highest BCUT2D eigenvalue weighted by molar-refractivity contribution is 5.80. The molecule has 1 N–H and O–H groups in total. The van der Waals surface area contributed by atoms with Gasteiger partial charge in [0.25, 0.3) is 0 Å². The van der Waals surface area contributed by atoms with Gasteiger partial charge in [0, 0.05) is 45.7 Å². The molecule has 0 atom stereocenters. The van der Waals surface area contributed by atoms with Crippen LogP contribution in [0.3, 0.4) is 0 Å². The van der Waals surface area contributed by atoms with Crippen molar-refractivity contribution in [3.8, 4) is 11.5 Å². The standard InChI is InChI=1S/C23H36N4O3/c1-4-24-23(25-11-8-13-26-12-7-5-6-9-22(26)28)27-14-10-18-15-20(29-2)21(30-3)16-19(18)17-27/h15-16H,4-14,17H2,1-3H3,(H,24,25). The smallest absolute Gasteiger partial charge is 0.222 e. The van der Waals surface area contributed by atoms with Crippen LogP contribution in [-0.4, -0.2) is 68.6 Å². The zero-order chi connectivity index (χ0) is 21.3. The van der Waals surface area contributed by atoms with Gasteiger partial charge in [-0.15, -0.1) is 0 Å². The molecule has 0 radical (unpaired) electrons. The Kier molecular flexibility index (Phi) is 8.22. The molecule has 0 bridgehead atoms. The first-order valence-electron chi connectivity index (χ1n) is 11.2. The van der Waals surface area contributed by atoms with Crippen LogP contribution >= 0.6 is 0 Å². The molecule has 30 heavy (non-hydrogen) atoms. The summed E-state index contributed by atoms with van der Waals surface area (Å²) in [7, 11) is 3.35. The van der Waals surface area contributed by atoms with Gasteiger partial charge in [0.05, 0.1) is 14.2 Å². The zero-order valence-corrected chi connectivity index (χ0v) is 18.7. The summed E-state index contributed by atoms with van der Waals surface area (Å²) in [5.74, 6) is 2.80. The van der Waals surface area contributed by atoms with E-state index in [0.717, 1.165) is 88.8 Å². The first kappa shape index (κ1) is 22.2. The van der Waals surface area contributed by atoms with E-state index in [1.807, 2.05) is 4.90 Å². The number of fused-ring (bicyclic) bond motifs is 1. The van der Waals surface area contributed by atoms with Gasteiger partial charge in [-0.1, -0.05) is 6.42 Å². The van der Waals surface area contributed by atoms with E-state index >= 15 is 0 Å². The fourth-order valence-corrected chi connectivity index (χ4v) is 4.21. The molecule has 0 saturated carbocycles. The van der Waals surface area contributed by atoms with Gasteiger partial charge >= 0.3 is 0 Å². The molecule has 0 unspecified atom stereocenters. The number of nitrogens with zero attached hydrogens (tertiary/aromatic N) is 3. The van der Waals surface area contributed by atoms with Gasteiger partial charge in [-0.25, -0.2) is 0 Å². The molecule has 1 aromatic rings. The molecule has 2 heterocycles. The van der Waals surface area contributed by atoms with Crippen LogP contribution in [0.2, 0.25) is 0 Å². The third-order valence-corrected chi connectivity index (χ3v) is 5.87. The summed E-state index contributed by atoms with van der Waals surface area (Å²) in [6.45, 7) is 7.07. The molecule has 0 aromatic heterocycles. The van der Waals surface area contributed by atoms with Crippen LogP contribution < -0.4 is 14.8 Å². The molecule has 0 aliphatic carbocycles. The molecule has 7 nitrogen and oxygen atoms in total. The molecule has 166 valence electrons. The van der Waals surface area contributed by atoms with Gasteiger partial charge in [-0.05, 0) is 55.9 Å². The van der Waals surface area contributed by atoms with E-state index in [2.05, 4.69) is 29.3 Å². The minimum absolute atomic E-state index is 0.306. The van der Waals surface area contributed by atoms with Crippen LogP contribution in [0.25, 0.3) is 0 Å². The summed E-state index contributed by atoms with van der Waals surface area (Å²) in [5.41, 5.74) is 2.55. The van der Waals surface area contributed by atoms with E-state index in [9.17, 15) is 4.79 Å². The van der Waals surface area contributed by atoms with Crippen molar-refractivity contribution in [2.45, 2.75) is 52.0 Å². The lowest BCUT2D eigenvalue weighted by molar-refractivity contribution is -0.130. The van der Waals surface area contributed by atoms with E-state index in [1.54, 1.807) is 14.2 Å². The Morgan fingerprint density at radius 1 is 1.07 bits per heavy atom. The van der Waals surface area contributed by atoms with E-state index in [0.29, 0.717) is 12.3 Å². The van der Waals surface area contributed by atoms with Gasteiger partial charge in [-0.2, -0.15) is 0 Å². The second-order valence-corrected chi connectivity index (χ2v) is 7.93. The van der Waals surface area contributed by atoms with Gasteiger partial charge in [0.2, 0.25) is 5.91 Å². The fourth-order valence-electron chi connectivity index (χ4n) is 4.21. The Morgan fingerprint density at radius 2 is 1.83 bits per heavy atom. The normalized spacial score (nSPS) is 17.4. The van der Waals surface area contributed by atoms with Gasteiger partial charge in [0.15, 0.2) is 17.5 Å². The summed E-state index contributed by atoms with van der Waals surface area (Å²) < 4.78 is 10.9. The van der Waals surface area contributed by atoms with Crippen molar-refractivity contribution < 1.29 is 14.3 Å². The molecular weight excluding hydrogens is 380 g/mol. The Morgan fingerprint density at radius 3 is 2.57 bits per heavy atom. The second-order valence-electron chi connectivity index (χ2n) is 7.93. The third-order valence-electron chi connectivity index (χ3n) is 5.87. The van der Waals surface area contributed by atoms with Crippen molar-refractivity contribution in [2.75, 3.05) is 46.9 Å². The zero-order valence-electron chi connectivity index (χ0n) is 18.7. The maximum atomic E-state index is 12.2. The minimum atomic E-state index is 0.306.